The maximum atomic E-state index is 12.5. The highest BCUT2D eigenvalue weighted by molar-refractivity contribution is 7.92. The van der Waals surface area contributed by atoms with Crippen molar-refractivity contribution >= 4 is 15.7 Å². The van der Waals surface area contributed by atoms with Crippen molar-refractivity contribution in [3.8, 4) is 11.3 Å². The number of nitrogens with one attached hydrogen (secondary N) is 1. The second kappa shape index (κ2) is 6.41. The number of sulfonamides is 1. The molecule has 0 bridgehead atoms. The van der Waals surface area contributed by atoms with Crippen LogP contribution in [-0.4, -0.2) is 18.4 Å². The van der Waals surface area contributed by atoms with E-state index in [1.165, 1.54) is 0 Å². The third-order valence-electron chi connectivity index (χ3n) is 3.52. The van der Waals surface area contributed by atoms with Crippen LogP contribution in [-0.2, 0) is 10.0 Å². The van der Waals surface area contributed by atoms with Gasteiger partial charge >= 0.3 is 0 Å². The van der Waals surface area contributed by atoms with Gasteiger partial charge in [-0.15, -0.1) is 0 Å². The van der Waals surface area contributed by atoms with E-state index in [-0.39, 0.29) is 4.90 Å². The average molecular weight is 339 g/mol. The molecule has 1 heterocycles. The van der Waals surface area contributed by atoms with E-state index < -0.39 is 10.0 Å². The molecular weight excluding hydrogens is 322 g/mol. The summed E-state index contributed by atoms with van der Waals surface area (Å²) < 4.78 is 27.6. The van der Waals surface area contributed by atoms with Crippen LogP contribution in [0.15, 0.2) is 65.7 Å². The van der Waals surface area contributed by atoms with Gasteiger partial charge in [-0.1, -0.05) is 29.8 Å². The van der Waals surface area contributed by atoms with Gasteiger partial charge in [-0.3, -0.25) is 4.72 Å². The van der Waals surface area contributed by atoms with Crippen LogP contribution in [0.4, 0.5) is 5.69 Å². The molecule has 0 spiro atoms. The Balaban J connectivity index is 1.91. The summed E-state index contributed by atoms with van der Waals surface area (Å²) in [5.41, 5.74) is 3.07. The van der Waals surface area contributed by atoms with Crippen molar-refractivity contribution in [3.05, 3.63) is 72.2 Å². The molecule has 0 fully saturated rings. The van der Waals surface area contributed by atoms with Crippen LogP contribution in [0.2, 0.25) is 0 Å². The van der Waals surface area contributed by atoms with Crippen LogP contribution in [0.5, 0.6) is 0 Å². The van der Waals surface area contributed by atoms with Gasteiger partial charge in [0.2, 0.25) is 0 Å². The summed E-state index contributed by atoms with van der Waals surface area (Å²) in [5, 5.41) is 0. The Morgan fingerprint density at radius 3 is 2.42 bits per heavy atom. The van der Waals surface area contributed by atoms with E-state index in [2.05, 4.69) is 14.7 Å². The normalized spacial score (nSPS) is 11.2. The zero-order valence-electron chi connectivity index (χ0n) is 13.4. The van der Waals surface area contributed by atoms with Gasteiger partial charge in [0.05, 0.1) is 10.6 Å². The predicted molar refractivity (Wildman–Crippen MR) is 94.2 cm³/mol. The van der Waals surface area contributed by atoms with E-state index in [0.29, 0.717) is 11.5 Å². The highest BCUT2D eigenvalue weighted by Crippen LogP contribution is 2.23. The first-order valence-electron chi connectivity index (χ1n) is 7.44. The van der Waals surface area contributed by atoms with E-state index in [1.54, 1.807) is 54.7 Å². The minimum atomic E-state index is -3.62. The number of aryl methyl sites for hydroxylation is 2. The van der Waals surface area contributed by atoms with Crippen LogP contribution in [0.1, 0.15) is 11.4 Å². The first kappa shape index (κ1) is 16.1. The van der Waals surface area contributed by atoms with Gasteiger partial charge in [-0.05, 0) is 44.2 Å². The molecular formula is C18H17N3O2S. The van der Waals surface area contributed by atoms with Gasteiger partial charge in [-0.25, -0.2) is 18.4 Å². The Morgan fingerprint density at radius 2 is 1.71 bits per heavy atom. The number of hydrogen-bond acceptors (Lipinski definition) is 4. The van der Waals surface area contributed by atoms with Crippen molar-refractivity contribution in [1.29, 1.82) is 0 Å². The largest absolute Gasteiger partial charge is 0.280 e. The van der Waals surface area contributed by atoms with Crippen molar-refractivity contribution in [3.63, 3.8) is 0 Å². The van der Waals surface area contributed by atoms with E-state index in [9.17, 15) is 8.42 Å². The summed E-state index contributed by atoms with van der Waals surface area (Å²) >= 11 is 0. The fourth-order valence-corrected chi connectivity index (χ4v) is 3.34. The van der Waals surface area contributed by atoms with Crippen LogP contribution in [0.25, 0.3) is 11.3 Å². The summed E-state index contributed by atoms with van der Waals surface area (Å²) in [4.78, 5) is 8.66. The maximum Gasteiger partial charge on any atom is 0.261 e. The summed E-state index contributed by atoms with van der Waals surface area (Å²) in [6.07, 6.45) is 1.68. The number of rotatable bonds is 4. The third-order valence-corrected chi connectivity index (χ3v) is 4.92. The van der Waals surface area contributed by atoms with E-state index >= 15 is 0 Å². The van der Waals surface area contributed by atoms with Crippen molar-refractivity contribution in [2.45, 2.75) is 18.7 Å². The topological polar surface area (TPSA) is 72.0 Å². The van der Waals surface area contributed by atoms with Gasteiger partial charge in [0.1, 0.15) is 5.82 Å². The van der Waals surface area contributed by atoms with Crippen LogP contribution in [0.3, 0.4) is 0 Å². The van der Waals surface area contributed by atoms with E-state index in [4.69, 9.17) is 0 Å². The molecule has 0 saturated heterocycles. The molecule has 1 aromatic heterocycles. The van der Waals surface area contributed by atoms with Crippen molar-refractivity contribution in [2.24, 2.45) is 0 Å². The molecule has 0 aliphatic heterocycles. The quantitative estimate of drug-likeness (QED) is 0.789. The molecule has 0 aliphatic rings. The Morgan fingerprint density at radius 1 is 0.958 bits per heavy atom. The van der Waals surface area contributed by atoms with Gasteiger partial charge in [0.15, 0.2) is 0 Å². The monoisotopic (exact) mass is 339 g/mol. The standard InChI is InChI=1S/C18H17N3O2S/c1-13-6-8-17(9-7-13)24(22,23)21-16-5-3-4-15(12-16)18-10-11-19-14(2)20-18/h3-12,21H,1-2H3. The fourth-order valence-electron chi connectivity index (χ4n) is 2.29. The molecule has 3 aromatic rings. The lowest BCUT2D eigenvalue weighted by Gasteiger charge is -2.10. The summed E-state index contributed by atoms with van der Waals surface area (Å²) in [7, 11) is -3.62. The van der Waals surface area contributed by atoms with Crippen LogP contribution in [0, 0.1) is 13.8 Å². The zero-order valence-corrected chi connectivity index (χ0v) is 14.2. The Hall–Kier alpha value is -2.73. The summed E-state index contributed by atoms with van der Waals surface area (Å²) in [6.45, 7) is 3.73. The van der Waals surface area contributed by atoms with Gasteiger partial charge in [0, 0.05) is 17.4 Å². The highest BCUT2D eigenvalue weighted by atomic mass is 32.2. The fraction of sp³-hybridized carbons (Fsp3) is 0.111. The number of hydrogen-bond donors (Lipinski definition) is 1. The number of aromatic nitrogens is 2. The molecule has 5 nitrogen and oxygen atoms in total. The summed E-state index contributed by atoms with van der Waals surface area (Å²) in [5.74, 6) is 0.665. The lowest BCUT2D eigenvalue weighted by molar-refractivity contribution is 0.601. The molecule has 0 atom stereocenters. The predicted octanol–water partition coefficient (Wildman–Crippen LogP) is 3.56. The minimum absolute atomic E-state index is 0.233. The smallest absolute Gasteiger partial charge is 0.261 e. The van der Waals surface area contributed by atoms with Crippen molar-refractivity contribution in [1.82, 2.24) is 9.97 Å². The molecule has 3 rings (SSSR count). The molecule has 6 heteroatoms. The molecule has 0 aliphatic carbocycles. The van der Waals surface area contributed by atoms with Gasteiger partial charge < -0.3 is 0 Å². The maximum absolute atomic E-state index is 12.5. The van der Waals surface area contributed by atoms with Crippen LogP contribution < -0.4 is 4.72 Å². The lowest BCUT2D eigenvalue weighted by Crippen LogP contribution is -2.12. The molecule has 2 aromatic carbocycles. The molecule has 0 saturated carbocycles. The lowest BCUT2D eigenvalue weighted by atomic mass is 10.1. The Bertz CT molecular complexity index is 968. The van der Waals surface area contributed by atoms with Gasteiger partial charge in [0.25, 0.3) is 10.0 Å². The zero-order chi connectivity index (χ0) is 17.2. The second-order valence-corrected chi connectivity index (χ2v) is 7.17. The Kier molecular flexibility index (Phi) is 4.31. The van der Waals surface area contributed by atoms with Gasteiger partial charge in [-0.2, -0.15) is 0 Å². The second-order valence-electron chi connectivity index (χ2n) is 5.49. The highest BCUT2D eigenvalue weighted by Gasteiger charge is 2.14. The molecule has 0 amide bonds. The van der Waals surface area contributed by atoms with Crippen molar-refractivity contribution in [2.75, 3.05) is 4.72 Å². The van der Waals surface area contributed by atoms with E-state index in [1.807, 2.05) is 19.9 Å². The minimum Gasteiger partial charge on any atom is -0.280 e. The Labute approximate surface area is 141 Å². The first-order chi connectivity index (χ1) is 11.4. The van der Waals surface area contributed by atoms with Crippen molar-refractivity contribution < 1.29 is 8.42 Å². The van der Waals surface area contributed by atoms with Crippen LogP contribution >= 0.6 is 0 Å². The molecule has 24 heavy (non-hydrogen) atoms. The molecule has 122 valence electrons. The number of nitrogens with zero attached hydrogens (tertiary/aromatic N) is 2. The number of benzene rings is 2. The SMILES string of the molecule is Cc1ccc(S(=O)(=O)Nc2cccc(-c3ccnc(C)n3)c2)cc1. The summed E-state index contributed by atoms with van der Waals surface area (Å²) in [6, 6.07) is 15.7. The number of anilines is 1. The molecule has 1 N–H and O–H groups in total. The molecule has 0 unspecified atom stereocenters. The average Bonchev–Trinajstić information content (AvgIpc) is 2.55. The molecule has 0 radical (unpaired) electrons. The van der Waals surface area contributed by atoms with E-state index in [0.717, 1.165) is 16.8 Å². The first-order valence-corrected chi connectivity index (χ1v) is 8.92. The third kappa shape index (κ3) is 3.60.